The fourth-order valence-electron chi connectivity index (χ4n) is 2.49. The van der Waals surface area contributed by atoms with E-state index in [-0.39, 0.29) is 12.1 Å². The molecule has 0 aliphatic heterocycles. The first kappa shape index (κ1) is 15.7. The normalized spacial score (nSPS) is 11.2. The lowest BCUT2D eigenvalue weighted by molar-refractivity contribution is 0.215. The van der Waals surface area contributed by atoms with Gasteiger partial charge in [0.1, 0.15) is 12.8 Å². The predicted octanol–water partition coefficient (Wildman–Crippen LogP) is 1.12. The Morgan fingerprint density at radius 3 is 2.71 bits per heavy atom. The Labute approximate surface area is 137 Å². The van der Waals surface area contributed by atoms with E-state index in [4.69, 9.17) is 0 Å². The molecule has 24 heavy (non-hydrogen) atoms. The summed E-state index contributed by atoms with van der Waals surface area (Å²) in [7, 11) is 3.03. The average Bonchev–Trinajstić information content (AvgIpc) is 2.62. The fraction of sp³-hybridized carbons (Fsp3) is 0.176. The second-order valence-corrected chi connectivity index (χ2v) is 5.28. The highest BCUT2D eigenvalue weighted by atomic mass is 16.6. The molecule has 0 saturated carbocycles. The van der Waals surface area contributed by atoms with Crippen molar-refractivity contribution in [2.75, 3.05) is 7.11 Å². The molecule has 0 aliphatic rings. The summed E-state index contributed by atoms with van der Waals surface area (Å²) in [4.78, 5) is 34.1. The monoisotopic (exact) mass is 324 g/mol. The van der Waals surface area contributed by atoms with Gasteiger partial charge >= 0.3 is 5.69 Å². The van der Waals surface area contributed by atoms with Crippen molar-refractivity contribution in [3.8, 4) is 0 Å². The van der Waals surface area contributed by atoms with Gasteiger partial charge in [-0.3, -0.25) is 13.9 Å². The molecule has 0 aliphatic carbocycles. The van der Waals surface area contributed by atoms with Gasteiger partial charge in [0.2, 0.25) is 0 Å². The maximum atomic E-state index is 12.8. The number of fused-ring (bicyclic) bond motifs is 1. The van der Waals surface area contributed by atoms with Crippen molar-refractivity contribution in [2.24, 2.45) is 12.2 Å². The summed E-state index contributed by atoms with van der Waals surface area (Å²) in [5.74, 6) is 0. The van der Waals surface area contributed by atoms with Crippen molar-refractivity contribution < 1.29 is 4.84 Å². The third-order valence-corrected chi connectivity index (χ3v) is 3.69. The molecule has 0 unspecified atom stereocenters. The maximum Gasteiger partial charge on any atom is 0.332 e. The molecule has 0 bridgehead atoms. The van der Waals surface area contributed by atoms with Crippen LogP contribution in [0.5, 0.6) is 0 Å². The molecule has 0 spiro atoms. The summed E-state index contributed by atoms with van der Waals surface area (Å²) in [6, 6.07) is 11.0. The Morgan fingerprint density at radius 2 is 2.00 bits per heavy atom. The van der Waals surface area contributed by atoms with E-state index in [1.807, 2.05) is 30.3 Å². The predicted molar refractivity (Wildman–Crippen MR) is 91.4 cm³/mol. The summed E-state index contributed by atoms with van der Waals surface area (Å²) in [5.41, 5.74) is 1.05. The number of hydrogen-bond donors (Lipinski definition) is 0. The second-order valence-electron chi connectivity index (χ2n) is 5.28. The van der Waals surface area contributed by atoms with Gasteiger partial charge in [0.25, 0.3) is 5.56 Å². The molecule has 2 heterocycles. The molecule has 0 N–H and O–H groups in total. The van der Waals surface area contributed by atoms with Crippen LogP contribution >= 0.6 is 0 Å². The molecule has 0 atom stereocenters. The van der Waals surface area contributed by atoms with Gasteiger partial charge < -0.3 is 4.84 Å². The molecule has 0 amide bonds. The van der Waals surface area contributed by atoms with Crippen molar-refractivity contribution in [2.45, 2.75) is 6.54 Å². The Kier molecular flexibility index (Phi) is 4.24. The molecule has 7 nitrogen and oxygen atoms in total. The lowest BCUT2D eigenvalue weighted by atomic mass is 10.2. The van der Waals surface area contributed by atoms with Gasteiger partial charge in [-0.05, 0) is 11.6 Å². The van der Waals surface area contributed by atoms with Gasteiger partial charge in [-0.15, -0.1) is 0 Å². The van der Waals surface area contributed by atoms with Crippen LogP contribution in [0.2, 0.25) is 0 Å². The van der Waals surface area contributed by atoms with Crippen molar-refractivity contribution in [3.63, 3.8) is 0 Å². The molecule has 0 radical (unpaired) electrons. The Morgan fingerprint density at radius 1 is 1.25 bits per heavy atom. The summed E-state index contributed by atoms with van der Waals surface area (Å²) >= 11 is 0. The number of aromatic nitrogens is 3. The Bertz CT molecular complexity index is 1020. The number of oxime groups is 1. The molecule has 2 aromatic heterocycles. The van der Waals surface area contributed by atoms with Gasteiger partial charge in [0.15, 0.2) is 0 Å². The SMILES string of the molecule is CO/N=C/c1cnc2c(c1)c(=O)n(Cc1ccccc1)c(=O)n2C. The lowest BCUT2D eigenvalue weighted by Gasteiger charge is -2.10. The van der Waals surface area contributed by atoms with Crippen molar-refractivity contribution in [3.05, 3.63) is 74.6 Å². The molecule has 0 saturated heterocycles. The number of hydrogen-bond acceptors (Lipinski definition) is 5. The van der Waals surface area contributed by atoms with Crippen molar-refractivity contribution in [1.82, 2.24) is 14.1 Å². The van der Waals surface area contributed by atoms with E-state index >= 15 is 0 Å². The molecule has 7 heteroatoms. The zero-order chi connectivity index (χ0) is 17.1. The third kappa shape index (κ3) is 2.83. The first-order valence-corrected chi connectivity index (χ1v) is 7.32. The zero-order valence-corrected chi connectivity index (χ0v) is 13.3. The van der Waals surface area contributed by atoms with E-state index in [1.54, 1.807) is 13.1 Å². The van der Waals surface area contributed by atoms with E-state index in [9.17, 15) is 9.59 Å². The van der Waals surface area contributed by atoms with Crippen LogP contribution in [-0.4, -0.2) is 27.4 Å². The van der Waals surface area contributed by atoms with Gasteiger partial charge in [0, 0.05) is 18.8 Å². The molecule has 0 fully saturated rings. The molecule has 3 aromatic rings. The smallest absolute Gasteiger partial charge is 0.332 e. The minimum Gasteiger partial charge on any atom is -0.399 e. The first-order chi connectivity index (χ1) is 11.6. The first-order valence-electron chi connectivity index (χ1n) is 7.32. The van der Waals surface area contributed by atoms with Crippen molar-refractivity contribution in [1.29, 1.82) is 0 Å². The number of rotatable bonds is 4. The molecule has 122 valence electrons. The van der Waals surface area contributed by atoms with Crippen LogP contribution in [0.1, 0.15) is 11.1 Å². The van der Waals surface area contributed by atoms with Crippen LogP contribution in [-0.2, 0) is 18.4 Å². The van der Waals surface area contributed by atoms with Crippen LogP contribution in [0, 0.1) is 0 Å². The van der Waals surface area contributed by atoms with Crippen LogP contribution < -0.4 is 11.2 Å². The summed E-state index contributed by atoms with van der Waals surface area (Å²) in [5, 5.41) is 4.02. The standard InChI is InChI=1S/C17H16N4O3/c1-20-15-14(8-13(9-18-15)10-19-24-2)16(22)21(17(20)23)11-12-6-4-3-5-7-12/h3-10H,11H2,1-2H3/b19-10+. The van der Waals surface area contributed by atoms with E-state index in [0.29, 0.717) is 16.6 Å². The van der Waals surface area contributed by atoms with Gasteiger partial charge in [-0.25, -0.2) is 9.78 Å². The summed E-state index contributed by atoms with van der Waals surface area (Å²) < 4.78 is 2.58. The van der Waals surface area contributed by atoms with E-state index in [1.165, 1.54) is 28.7 Å². The molecule has 1 aromatic carbocycles. The highest BCUT2D eigenvalue weighted by molar-refractivity contribution is 5.85. The number of benzene rings is 1. The zero-order valence-electron chi connectivity index (χ0n) is 13.3. The average molecular weight is 324 g/mol. The second kappa shape index (κ2) is 6.49. The fourth-order valence-corrected chi connectivity index (χ4v) is 2.49. The van der Waals surface area contributed by atoms with Gasteiger partial charge in [-0.1, -0.05) is 35.5 Å². The number of nitrogens with zero attached hydrogens (tertiary/aromatic N) is 4. The van der Waals surface area contributed by atoms with Crippen LogP contribution in [0.3, 0.4) is 0 Å². The molecular formula is C17H16N4O3. The topological polar surface area (TPSA) is 78.5 Å². The van der Waals surface area contributed by atoms with E-state index in [0.717, 1.165) is 5.56 Å². The lowest BCUT2D eigenvalue weighted by Crippen LogP contribution is -2.39. The largest absolute Gasteiger partial charge is 0.399 e. The Balaban J connectivity index is 2.21. The quantitative estimate of drug-likeness (QED) is 0.532. The maximum absolute atomic E-state index is 12.8. The van der Waals surface area contributed by atoms with Crippen LogP contribution in [0.25, 0.3) is 11.0 Å². The number of pyridine rings is 1. The highest BCUT2D eigenvalue weighted by Gasteiger charge is 2.12. The minimum absolute atomic E-state index is 0.207. The van der Waals surface area contributed by atoms with Gasteiger partial charge in [-0.2, -0.15) is 0 Å². The minimum atomic E-state index is -0.401. The van der Waals surface area contributed by atoms with E-state index in [2.05, 4.69) is 15.0 Å². The van der Waals surface area contributed by atoms with Crippen molar-refractivity contribution >= 4 is 17.2 Å². The van der Waals surface area contributed by atoms with Crippen LogP contribution in [0.15, 0.2) is 57.3 Å². The summed E-state index contributed by atoms with van der Waals surface area (Å²) in [6.07, 6.45) is 2.99. The molecular weight excluding hydrogens is 308 g/mol. The Hall–Kier alpha value is -3.22. The van der Waals surface area contributed by atoms with E-state index < -0.39 is 5.69 Å². The third-order valence-electron chi connectivity index (χ3n) is 3.69. The van der Waals surface area contributed by atoms with Gasteiger partial charge in [0.05, 0.1) is 18.1 Å². The highest BCUT2D eigenvalue weighted by Crippen LogP contribution is 2.07. The summed E-state index contributed by atoms with van der Waals surface area (Å²) in [6.45, 7) is 0.207. The number of aryl methyl sites for hydroxylation is 1. The van der Waals surface area contributed by atoms with Crippen LogP contribution in [0.4, 0.5) is 0 Å². The molecule has 3 rings (SSSR count).